The second kappa shape index (κ2) is 4.83. The lowest BCUT2D eigenvalue weighted by atomic mass is 10.1. The van der Waals surface area contributed by atoms with Crippen molar-refractivity contribution in [3.63, 3.8) is 0 Å². The molecule has 0 aliphatic rings. The molecule has 4 nitrogen and oxygen atoms in total. The number of hydrogen-bond donors (Lipinski definition) is 0. The van der Waals surface area contributed by atoms with Crippen molar-refractivity contribution in [2.75, 3.05) is 7.11 Å². The number of ether oxygens (including phenoxy) is 1. The van der Waals surface area contributed by atoms with Crippen LogP contribution < -0.4 is 0 Å². The number of halogens is 1. The van der Waals surface area contributed by atoms with E-state index in [-0.39, 0.29) is 22.6 Å². The number of furan rings is 1. The third kappa shape index (κ3) is 2.15. The Morgan fingerprint density at radius 1 is 1.33 bits per heavy atom. The standard InChI is InChI=1S/C13H9FO4/c1-17-13(16)8-2-4-10(11(14)6-8)12-5-3-9(7-15)18-12/h2-7H,1H3. The maximum absolute atomic E-state index is 13.8. The van der Waals surface area contributed by atoms with Gasteiger partial charge in [0.25, 0.3) is 0 Å². The Kier molecular flexibility index (Phi) is 3.23. The monoisotopic (exact) mass is 248 g/mol. The summed E-state index contributed by atoms with van der Waals surface area (Å²) in [5.41, 5.74) is 0.289. The van der Waals surface area contributed by atoms with Crippen LogP contribution in [0.5, 0.6) is 0 Å². The van der Waals surface area contributed by atoms with Gasteiger partial charge in [0.1, 0.15) is 11.6 Å². The van der Waals surface area contributed by atoms with Crippen molar-refractivity contribution in [2.24, 2.45) is 0 Å². The van der Waals surface area contributed by atoms with Gasteiger partial charge in [0.2, 0.25) is 0 Å². The molecule has 92 valence electrons. The predicted molar refractivity (Wildman–Crippen MR) is 60.8 cm³/mol. The molecule has 0 fully saturated rings. The molecule has 1 heterocycles. The highest BCUT2D eigenvalue weighted by Gasteiger charge is 2.13. The largest absolute Gasteiger partial charge is 0.465 e. The van der Waals surface area contributed by atoms with Crippen LogP contribution in [0.25, 0.3) is 11.3 Å². The maximum Gasteiger partial charge on any atom is 0.337 e. The van der Waals surface area contributed by atoms with E-state index in [1.807, 2.05) is 0 Å². The van der Waals surface area contributed by atoms with Crippen molar-refractivity contribution >= 4 is 12.3 Å². The second-order valence-electron chi connectivity index (χ2n) is 3.51. The fraction of sp³-hybridized carbons (Fsp3) is 0.0769. The van der Waals surface area contributed by atoms with Gasteiger partial charge in [-0.1, -0.05) is 0 Å². The molecule has 0 N–H and O–H groups in total. The summed E-state index contributed by atoms with van der Waals surface area (Å²) >= 11 is 0. The number of esters is 1. The number of carbonyl (C=O) groups excluding carboxylic acids is 2. The van der Waals surface area contributed by atoms with E-state index in [4.69, 9.17) is 4.42 Å². The first-order valence-corrected chi connectivity index (χ1v) is 5.09. The topological polar surface area (TPSA) is 56.5 Å². The normalized spacial score (nSPS) is 10.1. The summed E-state index contributed by atoms with van der Waals surface area (Å²) in [7, 11) is 1.22. The lowest BCUT2D eigenvalue weighted by Gasteiger charge is -2.02. The summed E-state index contributed by atoms with van der Waals surface area (Å²) in [6.07, 6.45) is 0.532. The van der Waals surface area contributed by atoms with Crippen LogP contribution in [0.4, 0.5) is 4.39 Å². The predicted octanol–water partition coefficient (Wildman–Crippen LogP) is 2.68. The Hall–Kier alpha value is -2.43. The van der Waals surface area contributed by atoms with Crippen LogP contribution in [0.2, 0.25) is 0 Å². The fourth-order valence-electron chi connectivity index (χ4n) is 1.52. The van der Waals surface area contributed by atoms with E-state index in [1.165, 1.54) is 31.4 Å². The van der Waals surface area contributed by atoms with Crippen LogP contribution >= 0.6 is 0 Å². The summed E-state index contributed by atoms with van der Waals surface area (Å²) in [5, 5.41) is 0. The van der Waals surface area contributed by atoms with Gasteiger partial charge < -0.3 is 9.15 Å². The lowest BCUT2D eigenvalue weighted by molar-refractivity contribution is 0.0600. The summed E-state index contributed by atoms with van der Waals surface area (Å²) in [6.45, 7) is 0. The van der Waals surface area contributed by atoms with E-state index in [1.54, 1.807) is 0 Å². The van der Waals surface area contributed by atoms with Gasteiger partial charge in [0.05, 0.1) is 18.2 Å². The van der Waals surface area contributed by atoms with Gasteiger partial charge in [-0.2, -0.15) is 0 Å². The first kappa shape index (κ1) is 12.0. The molecule has 0 radical (unpaired) electrons. The average molecular weight is 248 g/mol. The second-order valence-corrected chi connectivity index (χ2v) is 3.51. The number of carbonyl (C=O) groups is 2. The molecule has 0 saturated heterocycles. The smallest absolute Gasteiger partial charge is 0.337 e. The lowest BCUT2D eigenvalue weighted by Crippen LogP contribution is -2.01. The minimum atomic E-state index is -0.621. The van der Waals surface area contributed by atoms with Gasteiger partial charge in [-0.15, -0.1) is 0 Å². The first-order valence-electron chi connectivity index (χ1n) is 5.09. The Balaban J connectivity index is 2.40. The molecule has 0 spiro atoms. The molecule has 1 aromatic heterocycles. The van der Waals surface area contributed by atoms with Gasteiger partial charge in [0.15, 0.2) is 12.0 Å². The highest BCUT2D eigenvalue weighted by Crippen LogP contribution is 2.25. The molecule has 0 amide bonds. The highest BCUT2D eigenvalue weighted by atomic mass is 19.1. The molecule has 1 aromatic carbocycles. The molecule has 0 bridgehead atoms. The summed E-state index contributed by atoms with van der Waals surface area (Å²) in [4.78, 5) is 21.7. The Bertz CT molecular complexity index is 601. The molecule has 0 saturated carbocycles. The molecule has 18 heavy (non-hydrogen) atoms. The van der Waals surface area contributed by atoms with Crippen LogP contribution in [0.15, 0.2) is 34.7 Å². The molecule has 0 unspecified atom stereocenters. The Morgan fingerprint density at radius 3 is 2.67 bits per heavy atom. The maximum atomic E-state index is 13.8. The van der Waals surface area contributed by atoms with E-state index >= 15 is 0 Å². The van der Waals surface area contributed by atoms with Crippen molar-refractivity contribution in [3.8, 4) is 11.3 Å². The van der Waals surface area contributed by atoms with Crippen molar-refractivity contribution in [1.29, 1.82) is 0 Å². The zero-order chi connectivity index (χ0) is 13.1. The van der Waals surface area contributed by atoms with Gasteiger partial charge in [-0.05, 0) is 30.3 Å². The molecular weight excluding hydrogens is 239 g/mol. The molecular formula is C13H9FO4. The van der Waals surface area contributed by atoms with Crippen molar-refractivity contribution in [3.05, 3.63) is 47.5 Å². The van der Waals surface area contributed by atoms with Crippen molar-refractivity contribution < 1.29 is 23.1 Å². The Morgan fingerprint density at radius 2 is 2.11 bits per heavy atom. The summed E-state index contributed by atoms with van der Waals surface area (Å²) in [6, 6.07) is 6.81. The summed E-state index contributed by atoms with van der Waals surface area (Å²) < 4.78 is 23.4. The zero-order valence-corrected chi connectivity index (χ0v) is 9.48. The molecule has 0 atom stereocenters. The number of aldehydes is 1. The number of benzene rings is 1. The fourth-order valence-corrected chi connectivity index (χ4v) is 1.52. The first-order chi connectivity index (χ1) is 8.65. The molecule has 2 rings (SSSR count). The van der Waals surface area contributed by atoms with Gasteiger partial charge >= 0.3 is 5.97 Å². The van der Waals surface area contributed by atoms with E-state index in [0.29, 0.717) is 6.29 Å². The minimum absolute atomic E-state index is 0.112. The quantitative estimate of drug-likeness (QED) is 0.619. The van der Waals surface area contributed by atoms with Gasteiger partial charge in [-0.25, -0.2) is 9.18 Å². The third-order valence-corrected chi connectivity index (χ3v) is 2.40. The molecule has 5 heteroatoms. The number of hydrogen-bond acceptors (Lipinski definition) is 4. The van der Waals surface area contributed by atoms with E-state index in [9.17, 15) is 14.0 Å². The third-order valence-electron chi connectivity index (χ3n) is 2.40. The SMILES string of the molecule is COC(=O)c1ccc(-c2ccc(C=O)o2)c(F)c1. The summed E-state index contributed by atoms with van der Waals surface area (Å²) in [5.74, 6) is -0.898. The zero-order valence-electron chi connectivity index (χ0n) is 9.48. The van der Waals surface area contributed by atoms with Gasteiger partial charge in [0, 0.05) is 0 Å². The molecule has 0 aliphatic carbocycles. The van der Waals surface area contributed by atoms with Crippen LogP contribution in [0.3, 0.4) is 0 Å². The van der Waals surface area contributed by atoms with E-state index in [2.05, 4.69) is 4.74 Å². The van der Waals surface area contributed by atoms with Crippen LogP contribution in [0.1, 0.15) is 20.9 Å². The number of methoxy groups -OCH3 is 1. The highest BCUT2D eigenvalue weighted by molar-refractivity contribution is 5.90. The average Bonchev–Trinajstić information content (AvgIpc) is 2.86. The van der Waals surface area contributed by atoms with Crippen molar-refractivity contribution in [1.82, 2.24) is 0 Å². The molecule has 2 aromatic rings. The minimum Gasteiger partial charge on any atom is -0.465 e. The van der Waals surface area contributed by atoms with E-state index in [0.717, 1.165) is 6.07 Å². The van der Waals surface area contributed by atoms with Crippen LogP contribution in [0, 0.1) is 5.82 Å². The van der Waals surface area contributed by atoms with Crippen LogP contribution in [-0.4, -0.2) is 19.4 Å². The van der Waals surface area contributed by atoms with Crippen molar-refractivity contribution in [2.45, 2.75) is 0 Å². The number of rotatable bonds is 3. The van der Waals surface area contributed by atoms with Crippen LogP contribution in [-0.2, 0) is 4.74 Å². The Labute approximate surface area is 102 Å². The van der Waals surface area contributed by atoms with E-state index < -0.39 is 11.8 Å². The van der Waals surface area contributed by atoms with Gasteiger partial charge in [-0.3, -0.25) is 4.79 Å². The molecule has 0 aliphatic heterocycles.